The van der Waals surface area contributed by atoms with Gasteiger partial charge in [-0.2, -0.15) is 0 Å². The molecule has 2 nitrogen and oxygen atoms in total. The van der Waals surface area contributed by atoms with Crippen LogP contribution in [-0.4, -0.2) is 18.3 Å². The van der Waals surface area contributed by atoms with Crippen LogP contribution in [0.25, 0.3) is 0 Å². The molecule has 1 atom stereocenters. The normalized spacial score (nSPS) is 12.1. The van der Waals surface area contributed by atoms with Crippen LogP contribution in [0.15, 0.2) is 28.7 Å². The number of hydrogen-bond acceptors (Lipinski definition) is 2. The third-order valence-electron chi connectivity index (χ3n) is 1.70. The van der Waals surface area contributed by atoms with Gasteiger partial charge in [-0.25, -0.2) is 0 Å². The Hall–Kier alpha value is -0.820. The van der Waals surface area contributed by atoms with Crippen LogP contribution in [0, 0.1) is 12.3 Å². The molecule has 0 fully saturated rings. The van der Waals surface area contributed by atoms with Crippen molar-refractivity contribution in [1.29, 1.82) is 0 Å². The molecular weight excluding hydrogens is 244 g/mol. The van der Waals surface area contributed by atoms with E-state index in [4.69, 9.17) is 16.3 Å². The van der Waals surface area contributed by atoms with E-state index >= 15 is 0 Å². The molecule has 0 aromatic heterocycles. The van der Waals surface area contributed by atoms with Gasteiger partial charge in [0.25, 0.3) is 0 Å². The highest BCUT2D eigenvalue weighted by Gasteiger charge is 2.07. The largest absolute Gasteiger partial charge is 0.394 e. The fourth-order valence-electron chi connectivity index (χ4n) is 1.05. The Balaban J connectivity index is 2.70. The van der Waals surface area contributed by atoms with Gasteiger partial charge in [0.1, 0.15) is 6.10 Å². The minimum Gasteiger partial charge on any atom is -0.394 e. The zero-order valence-electron chi connectivity index (χ0n) is 7.61. The van der Waals surface area contributed by atoms with Crippen LogP contribution in [0.4, 0.5) is 0 Å². The molecule has 3 heteroatoms. The highest BCUT2D eigenvalue weighted by atomic mass is 79.9. The Kier molecular flexibility index (Phi) is 4.68. The van der Waals surface area contributed by atoms with Crippen LogP contribution in [-0.2, 0) is 4.74 Å². The standard InChI is InChI=1S/C11H11BrO2/c1-2-11(14-8-7-13)9-3-5-10(12)6-4-9/h1,3-6,11,13H,7-8H2/t11-/m1/s1. The molecule has 1 aromatic carbocycles. The number of aliphatic hydroxyl groups excluding tert-OH is 1. The summed E-state index contributed by atoms with van der Waals surface area (Å²) in [5.74, 6) is 2.52. The Bertz CT molecular complexity index is 313. The average molecular weight is 255 g/mol. The molecular formula is C11H11BrO2. The van der Waals surface area contributed by atoms with Crippen LogP contribution in [0.2, 0.25) is 0 Å². The first-order valence-corrected chi connectivity index (χ1v) is 5.01. The maximum Gasteiger partial charge on any atom is 0.143 e. The van der Waals surface area contributed by atoms with E-state index in [-0.39, 0.29) is 19.3 Å². The highest BCUT2D eigenvalue weighted by molar-refractivity contribution is 9.10. The van der Waals surface area contributed by atoms with E-state index in [9.17, 15) is 0 Å². The van der Waals surface area contributed by atoms with E-state index in [0.29, 0.717) is 0 Å². The first kappa shape index (κ1) is 11.3. The summed E-state index contributed by atoms with van der Waals surface area (Å²) in [5.41, 5.74) is 0.921. The molecule has 1 N–H and O–H groups in total. The van der Waals surface area contributed by atoms with Crippen LogP contribution in [0.3, 0.4) is 0 Å². The molecule has 74 valence electrons. The average Bonchev–Trinajstić information content (AvgIpc) is 2.21. The number of aliphatic hydroxyl groups is 1. The van der Waals surface area contributed by atoms with Crippen molar-refractivity contribution in [3.63, 3.8) is 0 Å². The van der Waals surface area contributed by atoms with Crippen molar-refractivity contribution >= 4 is 15.9 Å². The lowest BCUT2D eigenvalue weighted by atomic mass is 10.1. The lowest BCUT2D eigenvalue weighted by Gasteiger charge is -2.11. The minimum atomic E-state index is -0.379. The first-order chi connectivity index (χ1) is 6.77. The molecule has 0 spiro atoms. The van der Waals surface area contributed by atoms with Crippen molar-refractivity contribution in [2.24, 2.45) is 0 Å². The van der Waals surface area contributed by atoms with Gasteiger partial charge in [0.15, 0.2) is 0 Å². The summed E-state index contributed by atoms with van der Waals surface area (Å²) in [6.45, 7) is 0.236. The number of terminal acetylenes is 1. The molecule has 14 heavy (non-hydrogen) atoms. The Morgan fingerprint density at radius 3 is 2.57 bits per heavy atom. The van der Waals surface area contributed by atoms with Crippen molar-refractivity contribution in [2.75, 3.05) is 13.2 Å². The van der Waals surface area contributed by atoms with Crippen molar-refractivity contribution < 1.29 is 9.84 Å². The molecule has 0 bridgehead atoms. The van der Waals surface area contributed by atoms with Gasteiger partial charge < -0.3 is 9.84 Å². The fourth-order valence-corrected chi connectivity index (χ4v) is 1.31. The smallest absolute Gasteiger partial charge is 0.143 e. The van der Waals surface area contributed by atoms with Gasteiger partial charge in [0, 0.05) is 4.47 Å². The zero-order chi connectivity index (χ0) is 10.4. The number of rotatable bonds is 4. The second kappa shape index (κ2) is 5.82. The van der Waals surface area contributed by atoms with Gasteiger partial charge in [0.05, 0.1) is 13.2 Å². The molecule has 0 aliphatic carbocycles. The quantitative estimate of drug-likeness (QED) is 0.835. The van der Waals surface area contributed by atoms with Crippen LogP contribution in [0.1, 0.15) is 11.7 Å². The number of benzene rings is 1. The van der Waals surface area contributed by atoms with E-state index < -0.39 is 0 Å². The monoisotopic (exact) mass is 254 g/mol. The van der Waals surface area contributed by atoms with Gasteiger partial charge >= 0.3 is 0 Å². The van der Waals surface area contributed by atoms with Crippen LogP contribution >= 0.6 is 15.9 Å². The lowest BCUT2D eigenvalue weighted by Crippen LogP contribution is -2.05. The Morgan fingerprint density at radius 2 is 2.07 bits per heavy atom. The van der Waals surface area contributed by atoms with Crippen molar-refractivity contribution in [1.82, 2.24) is 0 Å². The summed E-state index contributed by atoms with van der Waals surface area (Å²) in [4.78, 5) is 0. The van der Waals surface area contributed by atoms with Crippen molar-refractivity contribution in [3.05, 3.63) is 34.3 Å². The summed E-state index contributed by atoms with van der Waals surface area (Å²) in [6.07, 6.45) is 4.94. The SMILES string of the molecule is C#C[C@@H](OCCO)c1ccc(Br)cc1. The Morgan fingerprint density at radius 1 is 1.43 bits per heavy atom. The van der Waals surface area contributed by atoms with E-state index in [1.54, 1.807) is 0 Å². The molecule has 1 rings (SSSR count). The van der Waals surface area contributed by atoms with Crippen LogP contribution in [0.5, 0.6) is 0 Å². The maximum atomic E-state index is 8.60. The minimum absolute atomic E-state index is 0.0191. The van der Waals surface area contributed by atoms with Gasteiger partial charge in [-0.15, -0.1) is 6.42 Å². The third kappa shape index (κ3) is 3.15. The summed E-state index contributed by atoms with van der Waals surface area (Å²) in [5, 5.41) is 8.60. The molecule has 0 amide bonds. The molecule has 0 aliphatic heterocycles. The molecule has 0 saturated carbocycles. The number of halogens is 1. The Labute approximate surface area is 92.0 Å². The molecule has 0 aliphatic rings. The predicted molar refractivity (Wildman–Crippen MR) is 58.8 cm³/mol. The number of hydrogen-bond donors (Lipinski definition) is 1. The van der Waals surface area contributed by atoms with E-state index in [1.165, 1.54) is 0 Å². The lowest BCUT2D eigenvalue weighted by molar-refractivity contribution is 0.0593. The van der Waals surface area contributed by atoms with Crippen molar-refractivity contribution in [3.8, 4) is 12.3 Å². The third-order valence-corrected chi connectivity index (χ3v) is 2.23. The number of ether oxygens (including phenoxy) is 1. The predicted octanol–water partition coefficient (Wildman–Crippen LogP) is 2.13. The molecule has 0 saturated heterocycles. The van der Waals surface area contributed by atoms with E-state index in [0.717, 1.165) is 10.0 Å². The van der Waals surface area contributed by atoms with Gasteiger partial charge in [-0.1, -0.05) is 34.0 Å². The summed E-state index contributed by atoms with van der Waals surface area (Å²) < 4.78 is 6.26. The molecule has 1 aromatic rings. The summed E-state index contributed by atoms with van der Waals surface area (Å²) >= 11 is 3.34. The molecule has 0 radical (unpaired) electrons. The van der Waals surface area contributed by atoms with Gasteiger partial charge in [0.2, 0.25) is 0 Å². The second-order valence-corrected chi connectivity index (χ2v) is 3.61. The van der Waals surface area contributed by atoms with E-state index in [2.05, 4.69) is 21.9 Å². The topological polar surface area (TPSA) is 29.5 Å². The molecule has 0 heterocycles. The summed E-state index contributed by atoms with van der Waals surface area (Å²) in [6, 6.07) is 7.60. The molecule has 0 unspecified atom stereocenters. The first-order valence-electron chi connectivity index (χ1n) is 4.22. The van der Waals surface area contributed by atoms with Gasteiger partial charge in [-0.05, 0) is 17.7 Å². The summed E-state index contributed by atoms with van der Waals surface area (Å²) in [7, 11) is 0. The van der Waals surface area contributed by atoms with Crippen molar-refractivity contribution in [2.45, 2.75) is 6.10 Å². The highest BCUT2D eigenvalue weighted by Crippen LogP contribution is 2.19. The maximum absolute atomic E-state index is 8.60. The van der Waals surface area contributed by atoms with Gasteiger partial charge in [-0.3, -0.25) is 0 Å². The fraction of sp³-hybridized carbons (Fsp3) is 0.273. The van der Waals surface area contributed by atoms with Crippen LogP contribution < -0.4 is 0 Å². The second-order valence-electron chi connectivity index (χ2n) is 2.69. The van der Waals surface area contributed by atoms with E-state index in [1.807, 2.05) is 24.3 Å². The zero-order valence-corrected chi connectivity index (χ0v) is 9.20.